The van der Waals surface area contributed by atoms with Gasteiger partial charge in [-0.05, 0) is 38.5 Å². The minimum Gasteiger partial charge on any atom is -0.462 e. The van der Waals surface area contributed by atoms with Gasteiger partial charge in [-0.25, -0.2) is 9.13 Å². The second-order valence-electron chi connectivity index (χ2n) is 13.5. The number of rotatable bonds is 37. The second-order valence-corrected chi connectivity index (χ2v) is 16.3. The number of esters is 2. The third kappa shape index (κ3) is 36.7. The predicted octanol–water partition coefficient (Wildman–Crippen LogP) is 11.2. The summed E-state index contributed by atoms with van der Waals surface area (Å²) in [5.74, 6) is -1.09. The minimum absolute atomic E-state index is 0.108. The van der Waals surface area contributed by atoms with Crippen LogP contribution in [0.5, 0.6) is 0 Å². The Bertz CT molecular complexity index is 938. The summed E-state index contributed by atoms with van der Waals surface area (Å²) in [6.45, 7) is 3.28. The molecule has 0 aromatic heterocycles. The number of carbonyl (C=O) groups excluding carboxylic acids is 2. The monoisotopic (exact) mass is 754 g/mol. The number of hydrogen-bond acceptors (Lipinski definition) is 8. The van der Waals surface area contributed by atoms with Gasteiger partial charge in [0.25, 0.3) is 0 Å². The quantitative estimate of drug-likeness (QED) is 0.0239. The van der Waals surface area contributed by atoms with Crippen molar-refractivity contribution in [2.24, 2.45) is 0 Å². The van der Waals surface area contributed by atoms with E-state index in [0.717, 1.165) is 57.8 Å². The molecule has 0 spiro atoms. The lowest BCUT2D eigenvalue weighted by Crippen LogP contribution is -2.29. The summed E-state index contributed by atoms with van der Waals surface area (Å²) in [5.41, 5.74) is 0. The van der Waals surface area contributed by atoms with Gasteiger partial charge in [0.2, 0.25) is 0 Å². The fourth-order valence-corrected chi connectivity index (χ4v) is 7.20. The molecule has 11 nitrogen and oxygen atoms in total. The van der Waals surface area contributed by atoms with E-state index in [1.165, 1.54) is 96.3 Å². The summed E-state index contributed by atoms with van der Waals surface area (Å²) < 4.78 is 41.9. The highest BCUT2D eigenvalue weighted by molar-refractivity contribution is 7.60. The maximum Gasteiger partial charge on any atom is 0.481 e. The largest absolute Gasteiger partial charge is 0.481 e. The van der Waals surface area contributed by atoms with Crippen LogP contribution < -0.4 is 0 Å². The average Bonchev–Trinajstić information content (AvgIpc) is 3.05. The van der Waals surface area contributed by atoms with Crippen LogP contribution in [-0.4, -0.2) is 45.9 Å². The van der Waals surface area contributed by atoms with Gasteiger partial charge in [-0.15, -0.1) is 0 Å². The summed E-state index contributed by atoms with van der Waals surface area (Å²) in [6.07, 6.45) is 33.6. The molecule has 2 atom stereocenters. The van der Waals surface area contributed by atoms with Crippen LogP contribution in [0.1, 0.15) is 194 Å². The van der Waals surface area contributed by atoms with Crippen molar-refractivity contribution in [3.63, 3.8) is 0 Å². The van der Waals surface area contributed by atoms with E-state index in [1.54, 1.807) is 0 Å². The van der Waals surface area contributed by atoms with Crippen LogP contribution in [0.3, 0.4) is 0 Å². The van der Waals surface area contributed by atoms with Crippen molar-refractivity contribution in [3.05, 3.63) is 12.2 Å². The number of unbranched alkanes of at least 4 members (excludes halogenated alkanes) is 23. The molecule has 50 heavy (non-hydrogen) atoms. The van der Waals surface area contributed by atoms with Crippen LogP contribution in [0.4, 0.5) is 0 Å². The highest BCUT2D eigenvalue weighted by Crippen LogP contribution is 2.57. The van der Waals surface area contributed by atoms with Gasteiger partial charge >= 0.3 is 27.6 Å². The molecular formula is C37H72O11P2. The van der Waals surface area contributed by atoms with Crippen LogP contribution in [-0.2, 0) is 37.0 Å². The number of carbonyl (C=O) groups is 2. The molecule has 0 saturated heterocycles. The van der Waals surface area contributed by atoms with Crippen LogP contribution in [0.2, 0.25) is 0 Å². The Morgan fingerprint density at radius 3 is 1.34 bits per heavy atom. The van der Waals surface area contributed by atoms with E-state index in [0.29, 0.717) is 12.8 Å². The maximum atomic E-state index is 12.5. The molecule has 13 heteroatoms. The molecule has 0 aromatic rings. The molecule has 0 saturated carbocycles. The Kier molecular flexibility index (Phi) is 33.0. The van der Waals surface area contributed by atoms with E-state index in [-0.39, 0.29) is 12.8 Å². The molecule has 1 unspecified atom stereocenters. The van der Waals surface area contributed by atoms with Gasteiger partial charge in [0.05, 0.1) is 6.61 Å². The third-order valence-corrected chi connectivity index (χ3v) is 10.6. The first-order valence-electron chi connectivity index (χ1n) is 19.7. The van der Waals surface area contributed by atoms with Gasteiger partial charge in [-0.2, -0.15) is 4.31 Å². The molecule has 0 fully saturated rings. The van der Waals surface area contributed by atoms with Crippen molar-refractivity contribution >= 4 is 27.6 Å². The van der Waals surface area contributed by atoms with E-state index in [1.807, 2.05) is 0 Å². The molecular weight excluding hydrogens is 682 g/mol. The molecule has 296 valence electrons. The van der Waals surface area contributed by atoms with Crippen LogP contribution in [0.15, 0.2) is 12.2 Å². The van der Waals surface area contributed by atoms with Gasteiger partial charge in [-0.1, -0.05) is 154 Å². The number of ether oxygens (including phenoxy) is 2. The summed E-state index contributed by atoms with van der Waals surface area (Å²) in [5, 5.41) is 0. The zero-order valence-electron chi connectivity index (χ0n) is 31.4. The standard InChI is InChI=1S/C37H72O11P2/c1-3-5-7-9-11-13-15-17-18-20-22-24-26-28-30-32-37(39)47-35(34-46-50(43,44)48-49(40,41)42)33-45-36(38)31-29-27-25-23-21-19-16-14-12-10-8-6-4-2/h17-18,35H,3-16,19-34H2,1-2H3,(H,43,44)(H2,40,41,42)/b18-17-/t35-/m1/s1. The molecule has 3 N–H and O–H groups in total. The summed E-state index contributed by atoms with van der Waals surface area (Å²) in [4.78, 5) is 52.1. The van der Waals surface area contributed by atoms with Gasteiger partial charge < -0.3 is 24.2 Å². The van der Waals surface area contributed by atoms with Crippen molar-refractivity contribution in [1.29, 1.82) is 0 Å². The van der Waals surface area contributed by atoms with Crippen LogP contribution in [0, 0.1) is 0 Å². The second kappa shape index (κ2) is 33.8. The third-order valence-electron chi connectivity index (χ3n) is 8.49. The lowest BCUT2D eigenvalue weighted by atomic mass is 10.0. The molecule has 0 aliphatic carbocycles. The number of phosphoric acid groups is 2. The van der Waals surface area contributed by atoms with E-state index >= 15 is 0 Å². The first-order valence-corrected chi connectivity index (χ1v) is 22.8. The molecule has 0 heterocycles. The number of hydrogen-bond donors (Lipinski definition) is 3. The van der Waals surface area contributed by atoms with Crippen molar-refractivity contribution in [2.75, 3.05) is 13.2 Å². The lowest BCUT2D eigenvalue weighted by molar-refractivity contribution is -0.161. The van der Waals surface area contributed by atoms with Crippen molar-refractivity contribution in [2.45, 2.75) is 200 Å². The molecule has 0 radical (unpaired) electrons. The van der Waals surface area contributed by atoms with E-state index in [9.17, 15) is 23.6 Å². The molecule has 0 aliphatic heterocycles. The first kappa shape index (κ1) is 48.9. The Hall–Kier alpha value is -1.06. The smallest absolute Gasteiger partial charge is 0.462 e. The fourth-order valence-electron chi connectivity index (χ4n) is 5.58. The Labute approximate surface area is 303 Å². The van der Waals surface area contributed by atoms with Gasteiger partial charge in [0.1, 0.15) is 6.61 Å². The van der Waals surface area contributed by atoms with Gasteiger partial charge in [0.15, 0.2) is 6.10 Å². The number of phosphoric ester groups is 1. The molecule has 0 aliphatic rings. The van der Waals surface area contributed by atoms with E-state index < -0.39 is 46.9 Å². The zero-order valence-corrected chi connectivity index (χ0v) is 33.2. The maximum absolute atomic E-state index is 12.5. The van der Waals surface area contributed by atoms with Gasteiger partial charge in [0, 0.05) is 12.8 Å². The molecule has 0 bridgehead atoms. The Balaban J connectivity index is 4.29. The van der Waals surface area contributed by atoms with E-state index in [2.05, 4.69) is 34.8 Å². The van der Waals surface area contributed by atoms with Crippen LogP contribution in [0.25, 0.3) is 0 Å². The summed E-state index contributed by atoms with van der Waals surface area (Å²) in [6, 6.07) is 0. The van der Waals surface area contributed by atoms with Crippen LogP contribution >= 0.6 is 15.6 Å². The lowest BCUT2D eigenvalue weighted by Gasteiger charge is -2.20. The molecule has 0 rings (SSSR count). The SMILES string of the molecule is CCCCCCCC/C=C\CCCCCCCC(=O)O[C@H](COC(=O)CCCCCCCCCCCCCCC)COP(=O)(O)OP(=O)(O)O. The Morgan fingerprint density at radius 1 is 0.540 bits per heavy atom. The highest BCUT2D eigenvalue weighted by atomic mass is 31.3. The normalized spacial score (nSPS) is 13.8. The topological polar surface area (TPSA) is 166 Å². The highest BCUT2D eigenvalue weighted by Gasteiger charge is 2.34. The predicted molar refractivity (Wildman–Crippen MR) is 200 cm³/mol. The fraction of sp³-hybridized carbons (Fsp3) is 0.892. The summed E-state index contributed by atoms with van der Waals surface area (Å²) >= 11 is 0. The number of allylic oxidation sites excluding steroid dienone is 2. The molecule has 0 aromatic carbocycles. The Morgan fingerprint density at radius 2 is 0.920 bits per heavy atom. The van der Waals surface area contributed by atoms with Gasteiger partial charge in [-0.3, -0.25) is 14.1 Å². The first-order chi connectivity index (χ1) is 24.0. The van der Waals surface area contributed by atoms with Crippen molar-refractivity contribution < 1.29 is 51.7 Å². The zero-order chi connectivity index (χ0) is 37.2. The molecule has 0 amide bonds. The van der Waals surface area contributed by atoms with E-state index in [4.69, 9.17) is 19.3 Å². The summed E-state index contributed by atoms with van der Waals surface area (Å²) in [7, 11) is -10.5. The van der Waals surface area contributed by atoms with Crippen molar-refractivity contribution in [1.82, 2.24) is 0 Å². The average molecular weight is 755 g/mol. The van der Waals surface area contributed by atoms with Crippen molar-refractivity contribution in [3.8, 4) is 0 Å². The minimum atomic E-state index is -5.31.